The molecule has 0 aromatic carbocycles. The van der Waals surface area contributed by atoms with Crippen LogP contribution in [0.4, 0.5) is 4.39 Å². The number of H-pyrrole nitrogens is 2. The lowest BCUT2D eigenvalue weighted by Crippen LogP contribution is -2.13. The third-order valence-electron chi connectivity index (χ3n) is 6.11. The highest BCUT2D eigenvalue weighted by molar-refractivity contribution is 7.11. The Labute approximate surface area is 218 Å². The Morgan fingerprint density at radius 3 is 2.76 bits per heavy atom. The lowest BCUT2D eigenvalue weighted by atomic mass is 10.0. The topological polar surface area (TPSA) is 86.4 Å². The molecule has 0 radical (unpaired) electrons. The molecule has 0 amide bonds. The minimum atomic E-state index is -0.243. The molecule has 9 heteroatoms. The first-order chi connectivity index (χ1) is 17.9. The van der Waals surface area contributed by atoms with Crippen molar-refractivity contribution in [2.75, 3.05) is 20.6 Å². The first-order valence-electron chi connectivity index (χ1n) is 12.0. The Morgan fingerprint density at radius 2 is 2.00 bits per heavy atom. The molecule has 2 N–H and O–H groups in total. The number of pyridine rings is 2. The van der Waals surface area contributed by atoms with Crippen LogP contribution in [0, 0.1) is 12.1 Å². The number of thiophene rings is 1. The van der Waals surface area contributed by atoms with Gasteiger partial charge in [-0.3, -0.25) is 10.1 Å². The third kappa shape index (κ3) is 5.28. The first-order valence-corrected chi connectivity index (χ1v) is 12.8. The molecule has 5 aromatic heterocycles. The summed E-state index contributed by atoms with van der Waals surface area (Å²) in [7, 11) is 4.17. The van der Waals surface area contributed by atoms with Gasteiger partial charge in [-0.15, -0.1) is 11.3 Å². The van der Waals surface area contributed by atoms with Gasteiger partial charge in [0.15, 0.2) is 16.6 Å². The van der Waals surface area contributed by atoms with Gasteiger partial charge in [-0.25, -0.2) is 9.97 Å². The van der Waals surface area contributed by atoms with Crippen LogP contribution in [0.1, 0.15) is 28.2 Å². The highest BCUT2D eigenvalue weighted by Crippen LogP contribution is 2.33. The minimum Gasteiger partial charge on any atom is -0.340 e. The molecule has 0 unspecified atom stereocenters. The standard InChI is InChI=1S/C28H28FN7S/c1-5-7-21(23-9-10-24(29)37-23)25-17(2)32-28(33-25)26-22-13-20(16-31-27(22)35-34-26)19-12-18(14-30-15-19)8-6-11-36(3)4/h5,7,9-10,12-16H,1,6,8,11H2,2-4H3,(H,32,33)(H,31,34,35)/b21-7-. The highest BCUT2D eigenvalue weighted by Gasteiger charge is 2.19. The van der Waals surface area contributed by atoms with Gasteiger partial charge in [-0.1, -0.05) is 18.7 Å². The van der Waals surface area contributed by atoms with Gasteiger partial charge < -0.3 is 9.88 Å². The molecule has 0 bridgehead atoms. The largest absolute Gasteiger partial charge is 0.340 e. The van der Waals surface area contributed by atoms with E-state index in [1.807, 2.05) is 31.6 Å². The van der Waals surface area contributed by atoms with Crippen molar-refractivity contribution in [1.82, 2.24) is 35.0 Å². The molecule has 7 nitrogen and oxygen atoms in total. The van der Waals surface area contributed by atoms with Crippen LogP contribution < -0.4 is 0 Å². The normalized spacial score (nSPS) is 12.1. The fourth-order valence-corrected chi connectivity index (χ4v) is 5.07. The first kappa shape index (κ1) is 24.7. The van der Waals surface area contributed by atoms with E-state index < -0.39 is 0 Å². The van der Waals surface area contributed by atoms with Crippen LogP contribution in [-0.2, 0) is 6.42 Å². The number of fused-ring (bicyclic) bond motifs is 1. The van der Waals surface area contributed by atoms with Crippen molar-refractivity contribution in [1.29, 1.82) is 0 Å². The highest BCUT2D eigenvalue weighted by atomic mass is 32.1. The van der Waals surface area contributed by atoms with E-state index in [1.54, 1.807) is 12.1 Å². The monoisotopic (exact) mass is 513 g/mol. The fraction of sp³-hybridized carbons (Fsp3) is 0.214. The number of aromatic amines is 2. The second-order valence-corrected chi connectivity index (χ2v) is 10.2. The Balaban J connectivity index is 1.50. The summed E-state index contributed by atoms with van der Waals surface area (Å²) in [5.41, 5.74) is 6.92. The van der Waals surface area contributed by atoms with Gasteiger partial charge in [-0.05, 0) is 70.2 Å². The molecule has 5 aromatic rings. The maximum atomic E-state index is 13.8. The number of halogens is 1. The number of hydrogen-bond donors (Lipinski definition) is 2. The van der Waals surface area contributed by atoms with Crippen LogP contribution in [0.3, 0.4) is 0 Å². The Bertz CT molecular complexity index is 1590. The lowest BCUT2D eigenvalue weighted by molar-refractivity contribution is 0.400. The van der Waals surface area contributed by atoms with Crippen LogP contribution in [0.25, 0.3) is 39.3 Å². The van der Waals surface area contributed by atoms with Gasteiger partial charge in [0.25, 0.3) is 0 Å². The second kappa shape index (κ2) is 10.6. The fourth-order valence-electron chi connectivity index (χ4n) is 4.32. The minimum absolute atomic E-state index is 0.243. The Hall–Kier alpha value is -3.95. The van der Waals surface area contributed by atoms with Crippen molar-refractivity contribution < 1.29 is 4.39 Å². The molecule has 37 heavy (non-hydrogen) atoms. The van der Waals surface area contributed by atoms with E-state index in [0.717, 1.165) is 74.8 Å². The number of imidazole rings is 1. The van der Waals surface area contributed by atoms with E-state index in [1.165, 1.54) is 11.6 Å². The summed E-state index contributed by atoms with van der Waals surface area (Å²) in [5.74, 6) is 0.636. The number of nitrogens with one attached hydrogen (secondary N) is 2. The van der Waals surface area contributed by atoms with E-state index in [9.17, 15) is 4.39 Å². The van der Waals surface area contributed by atoms with Crippen LogP contribution in [0.5, 0.6) is 0 Å². The number of allylic oxidation sites excluding steroid dienone is 2. The molecular weight excluding hydrogens is 485 g/mol. The van der Waals surface area contributed by atoms with Crippen LogP contribution in [-0.4, -0.2) is 55.7 Å². The Kier molecular flexibility index (Phi) is 7.07. The van der Waals surface area contributed by atoms with E-state index >= 15 is 0 Å². The molecule has 5 rings (SSSR count). The molecule has 0 aliphatic carbocycles. The molecule has 188 valence electrons. The van der Waals surface area contributed by atoms with Gasteiger partial charge >= 0.3 is 0 Å². The summed E-state index contributed by atoms with van der Waals surface area (Å²) in [6, 6.07) is 7.45. The average Bonchev–Trinajstić information content (AvgIpc) is 3.60. The second-order valence-electron chi connectivity index (χ2n) is 9.16. The predicted molar refractivity (Wildman–Crippen MR) is 148 cm³/mol. The van der Waals surface area contributed by atoms with Crippen molar-refractivity contribution in [3.8, 4) is 22.6 Å². The van der Waals surface area contributed by atoms with E-state index in [4.69, 9.17) is 4.98 Å². The molecule has 0 atom stereocenters. The predicted octanol–water partition coefficient (Wildman–Crippen LogP) is 6.03. The molecular formula is C28H28FN7S. The zero-order valence-electron chi connectivity index (χ0n) is 21.0. The number of rotatable bonds is 9. The number of hydrogen-bond acceptors (Lipinski definition) is 6. The number of aromatic nitrogens is 6. The molecule has 5 heterocycles. The van der Waals surface area contributed by atoms with E-state index in [-0.39, 0.29) is 5.13 Å². The number of nitrogens with zero attached hydrogens (tertiary/aromatic N) is 5. The van der Waals surface area contributed by atoms with E-state index in [0.29, 0.717) is 11.5 Å². The smallest absolute Gasteiger partial charge is 0.181 e. The summed E-state index contributed by atoms with van der Waals surface area (Å²) in [6.07, 6.45) is 11.2. The van der Waals surface area contributed by atoms with Crippen LogP contribution >= 0.6 is 11.3 Å². The maximum Gasteiger partial charge on any atom is 0.181 e. The van der Waals surface area contributed by atoms with Gasteiger partial charge in [-0.2, -0.15) is 9.49 Å². The molecule has 0 spiro atoms. The maximum absolute atomic E-state index is 13.8. The third-order valence-corrected chi connectivity index (χ3v) is 7.02. The molecule has 0 saturated carbocycles. The van der Waals surface area contributed by atoms with Crippen molar-refractivity contribution >= 4 is 27.9 Å². The summed E-state index contributed by atoms with van der Waals surface area (Å²) < 4.78 is 13.8. The lowest BCUT2D eigenvalue weighted by Gasteiger charge is -2.09. The summed E-state index contributed by atoms with van der Waals surface area (Å²) in [5, 5.41) is 8.09. The van der Waals surface area contributed by atoms with Crippen molar-refractivity contribution in [3.05, 3.63) is 88.5 Å². The molecule has 0 aliphatic rings. The quantitative estimate of drug-likeness (QED) is 0.235. The van der Waals surface area contributed by atoms with Gasteiger partial charge in [0.1, 0.15) is 5.69 Å². The summed E-state index contributed by atoms with van der Waals surface area (Å²) in [6.45, 7) is 6.80. The Morgan fingerprint density at radius 1 is 1.16 bits per heavy atom. The van der Waals surface area contributed by atoms with Crippen molar-refractivity contribution in [2.24, 2.45) is 0 Å². The summed E-state index contributed by atoms with van der Waals surface area (Å²) in [4.78, 5) is 20.3. The molecule has 0 fully saturated rings. The average molecular weight is 514 g/mol. The van der Waals surface area contributed by atoms with Gasteiger partial charge in [0.2, 0.25) is 0 Å². The van der Waals surface area contributed by atoms with Gasteiger partial charge in [0, 0.05) is 45.9 Å². The van der Waals surface area contributed by atoms with Crippen LogP contribution in [0.15, 0.2) is 61.6 Å². The SMILES string of the molecule is C=C/C=C(/c1ccc(F)s1)c1nc(-c2[nH]nc3ncc(-c4cncc(CCCN(C)C)c4)cc23)[nH]c1C. The molecule has 0 aliphatic heterocycles. The number of aryl methyl sites for hydroxylation is 2. The van der Waals surface area contributed by atoms with Crippen molar-refractivity contribution in [2.45, 2.75) is 19.8 Å². The summed E-state index contributed by atoms with van der Waals surface area (Å²) >= 11 is 1.08. The van der Waals surface area contributed by atoms with Crippen molar-refractivity contribution in [3.63, 3.8) is 0 Å². The van der Waals surface area contributed by atoms with Gasteiger partial charge in [0.05, 0.1) is 11.1 Å². The van der Waals surface area contributed by atoms with Crippen LogP contribution in [0.2, 0.25) is 0 Å². The zero-order valence-corrected chi connectivity index (χ0v) is 21.9. The molecule has 0 saturated heterocycles. The zero-order chi connectivity index (χ0) is 25.9. The van der Waals surface area contributed by atoms with E-state index in [2.05, 4.69) is 62.9 Å².